The molecule has 0 rings (SSSR count). The van der Waals surface area contributed by atoms with Crippen LogP contribution in [0.3, 0.4) is 0 Å². The first-order valence-electron chi connectivity index (χ1n) is 3.57. The van der Waals surface area contributed by atoms with Crippen LogP contribution in [0.25, 0.3) is 0 Å². The molecule has 9 heavy (non-hydrogen) atoms. The zero-order valence-corrected chi connectivity index (χ0v) is 5.97. The van der Waals surface area contributed by atoms with Crippen LogP contribution in [0.5, 0.6) is 0 Å². The standard InChI is InChI=1S/C7H15O2/c1-2-7(9)5-3-4-6-8/h7,9H,2-6H2,1H3. The minimum atomic E-state index is -0.184. The van der Waals surface area contributed by atoms with Crippen molar-refractivity contribution in [1.82, 2.24) is 0 Å². The lowest BCUT2D eigenvalue weighted by atomic mass is 10.1. The Morgan fingerprint density at radius 2 is 2.11 bits per heavy atom. The Kier molecular flexibility index (Phi) is 5.99. The van der Waals surface area contributed by atoms with Gasteiger partial charge in [-0.3, -0.25) is 0 Å². The SMILES string of the molecule is CCC(O)CCCC[O]. The molecule has 0 saturated heterocycles. The van der Waals surface area contributed by atoms with Gasteiger partial charge in [-0.05, 0) is 25.7 Å². The molecule has 1 radical (unpaired) electrons. The summed E-state index contributed by atoms with van der Waals surface area (Å²) in [5.74, 6) is 0. The van der Waals surface area contributed by atoms with Crippen LogP contribution in [0.15, 0.2) is 0 Å². The largest absolute Gasteiger partial charge is 0.393 e. The molecular weight excluding hydrogens is 116 g/mol. The summed E-state index contributed by atoms with van der Waals surface area (Å²) < 4.78 is 0. The quantitative estimate of drug-likeness (QED) is 0.562. The van der Waals surface area contributed by atoms with Gasteiger partial charge in [-0.25, -0.2) is 5.11 Å². The van der Waals surface area contributed by atoms with Crippen molar-refractivity contribution in [2.45, 2.75) is 38.7 Å². The molecule has 1 unspecified atom stereocenters. The molecule has 1 atom stereocenters. The second kappa shape index (κ2) is 6.05. The molecule has 0 saturated carbocycles. The number of aliphatic hydroxyl groups excluding tert-OH is 1. The lowest BCUT2D eigenvalue weighted by Gasteiger charge is -2.04. The second-order valence-electron chi connectivity index (χ2n) is 2.26. The van der Waals surface area contributed by atoms with Crippen LogP contribution in [0.4, 0.5) is 0 Å². The highest BCUT2D eigenvalue weighted by Crippen LogP contribution is 2.02. The molecule has 0 spiro atoms. The third-order valence-corrected chi connectivity index (χ3v) is 1.40. The molecule has 0 aliphatic carbocycles. The van der Waals surface area contributed by atoms with Crippen LogP contribution in [0.2, 0.25) is 0 Å². The molecule has 1 N–H and O–H groups in total. The van der Waals surface area contributed by atoms with E-state index in [-0.39, 0.29) is 12.7 Å². The summed E-state index contributed by atoms with van der Waals surface area (Å²) in [6.45, 7) is 1.94. The number of unbranched alkanes of at least 4 members (excludes halogenated alkanes) is 1. The highest BCUT2D eigenvalue weighted by atomic mass is 16.3. The molecule has 0 amide bonds. The molecule has 0 fully saturated rings. The van der Waals surface area contributed by atoms with E-state index in [4.69, 9.17) is 5.11 Å². The Labute approximate surface area is 56.5 Å². The fraction of sp³-hybridized carbons (Fsp3) is 1.00. The summed E-state index contributed by atoms with van der Waals surface area (Å²) in [6, 6.07) is 0. The van der Waals surface area contributed by atoms with Crippen molar-refractivity contribution in [3.05, 3.63) is 0 Å². The molecule has 0 aliphatic rings. The minimum absolute atomic E-state index is 0.00354. The smallest absolute Gasteiger partial charge is 0.0822 e. The Hall–Kier alpha value is -0.0800. The van der Waals surface area contributed by atoms with Crippen LogP contribution >= 0.6 is 0 Å². The summed E-state index contributed by atoms with van der Waals surface area (Å²) >= 11 is 0. The molecule has 0 aromatic heterocycles. The van der Waals surface area contributed by atoms with Crippen molar-refractivity contribution < 1.29 is 10.2 Å². The predicted octanol–water partition coefficient (Wildman–Crippen LogP) is 1.36. The number of hydrogen-bond acceptors (Lipinski definition) is 1. The Bertz CT molecular complexity index is 54.9. The van der Waals surface area contributed by atoms with E-state index in [1.54, 1.807) is 0 Å². The van der Waals surface area contributed by atoms with Gasteiger partial charge >= 0.3 is 0 Å². The number of hydrogen-bond donors (Lipinski definition) is 1. The average molecular weight is 131 g/mol. The maximum Gasteiger partial charge on any atom is 0.0822 e. The van der Waals surface area contributed by atoms with Gasteiger partial charge in [-0.2, -0.15) is 0 Å². The van der Waals surface area contributed by atoms with Crippen molar-refractivity contribution in [3.63, 3.8) is 0 Å². The third kappa shape index (κ3) is 5.80. The van der Waals surface area contributed by atoms with Crippen molar-refractivity contribution >= 4 is 0 Å². The molecule has 2 nitrogen and oxygen atoms in total. The van der Waals surface area contributed by atoms with Crippen molar-refractivity contribution in [2.24, 2.45) is 0 Å². The van der Waals surface area contributed by atoms with Crippen LogP contribution < -0.4 is 0 Å². The molecule has 0 heterocycles. The van der Waals surface area contributed by atoms with Crippen LogP contribution in [0.1, 0.15) is 32.6 Å². The highest BCUT2D eigenvalue weighted by molar-refractivity contribution is 4.51. The molecular formula is C7H15O2. The van der Waals surface area contributed by atoms with E-state index < -0.39 is 0 Å². The van der Waals surface area contributed by atoms with Crippen LogP contribution in [0, 0.1) is 0 Å². The molecule has 0 aliphatic heterocycles. The summed E-state index contributed by atoms with van der Waals surface area (Å²) in [4.78, 5) is 0. The average Bonchev–Trinajstić information content (AvgIpc) is 1.89. The Morgan fingerprint density at radius 3 is 2.56 bits per heavy atom. The van der Waals surface area contributed by atoms with E-state index in [2.05, 4.69) is 0 Å². The number of rotatable bonds is 5. The highest BCUT2D eigenvalue weighted by Gasteiger charge is 1.98. The van der Waals surface area contributed by atoms with Gasteiger partial charge in [0, 0.05) is 0 Å². The van der Waals surface area contributed by atoms with Crippen molar-refractivity contribution in [2.75, 3.05) is 6.61 Å². The summed E-state index contributed by atoms with van der Waals surface area (Å²) in [7, 11) is 0. The van der Waals surface area contributed by atoms with Gasteiger partial charge in [0.15, 0.2) is 0 Å². The summed E-state index contributed by atoms with van der Waals surface area (Å²) in [5, 5.41) is 18.9. The Morgan fingerprint density at radius 1 is 1.44 bits per heavy atom. The fourth-order valence-electron chi connectivity index (χ4n) is 0.686. The summed E-state index contributed by atoms with van der Waals surface area (Å²) in [6.07, 6.45) is 2.99. The van der Waals surface area contributed by atoms with Crippen LogP contribution in [-0.2, 0) is 5.11 Å². The normalized spacial score (nSPS) is 13.7. The second-order valence-corrected chi connectivity index (χ2v) is 2.26. The van der Waals surface area contributed by atoms with Gasteiger partial charge in [0.05, 0.1) is 12.7 Å². The molecule has 0 bridgehead atoms. The van der Waals surface area contributed by atoms with Crippen LogP contribution in [-0.4, -0.2) is 17.8 Å². The van der Waals surface area contributed by atoms with E-state index in [0.717, 1.165) is 19.3 Å². The predicted molar refractivity (Wildman–Crippen MR) is 35.7 cm³/mol. The Balaban J connectivity index is 2.88. The fourth-order valence-corrected chi connectivity index (χ4v) is 0.686. The van der Waals surface area contributed by atoms with E-state index in [9.17, 15) is 5.11 Å². The van der Waals surface area contributed by atoms with Gasteiger partial charge < -0.3 is 5.11 Å². The first kappa shape index (κ1) is 8.92. The third-order valence-electron chi connectivity index (χ3n) is 1.40. The monoisotopic (exact) mass is 131 g/mol. The van der Waals surface area contributed by atoms with Gasteiger partial charge in [-0.1, -0.05) is 6.92 Å². The zero-order valence-electron chi connectivity index (χ0n) is 5.97. The van der Waals surface area contributed by atoms with Gasteiger partial charge in [0.2, 0.25) is 0 Å². The zero-order chi connectivity index (χ0) is 7.11. The van der Waals surface area contributed by atoms with Gasteiger partial charge in [0.1, 0.15) is 0 Å². The molecule has 2 heteroatoms. The molecule has 0 aromatic rings. The molecule has 0 aromatic carbocycles. The maximum absolute atomic E-state index is 9.92. The number of aliphatic hydroxyl groups is 1. The van der Waals surface area contributed by atoms with Crippen molar-refractivity contribution in [3.8, 4) is 0 Å². The van der Waals surface area contributed by atoms with Crippen molar-refractivity contribution in [1.29, 1.82) is 0 Å². The van der Waals surface area contributed by atoms with E-state index in [1.165, 1.54) is 0 Å². The minimum Gasteiger partial charge on any atom is -0.393 e. The first-order valence-corrected chi connectivity index (χ1v) is 3.57. The molecule has 55 valence electrons. The summed E-state index contributed by atoms with van der Waals surface area (Å²) in [5.41, 5.74) is 0. The van der Waals surface area contributed by atoms with Gasteiger partial charge in [-0.15, -0.1) is 0 Å². The maximum atomic E-state index is 9.92. The van der Waals surface area contributed by atoms with E-state index >= 15 is 0 Å². The van der Waals surface area contributed by atoms with E-state index in [1.807, 2.05) is 6.92 Å². The lowest BCUT2D eigenvalue weighted by Crippen LogP contribution is -2.03. The topological polar surface area (TPSA) is 40.1 Å². The lowest BCUT2D eigenvalue weighted by molar-refractivity contribution is 0.144. The van der Waals surface area contributed by atoms with E-state index in [0.29, 0.717) is 6.42 Å². The van der Waals surface area contributed by atoms with Gasteiger partial charge in [0.25, 0.3) is 0 Å². The first-order chi connectivity index (χ1) is 4.31.